The van der Waals surface area contributed by atoms with Gasteiger partial charge in [-0.15, -0.1) is 0 Å². The van der Waals surface area contributed by atoms with Crippen LogP contribution in [0.1, 0.15) is 10.4 Å². The molecular weight excluding hydrogens is 377 g/mol. The Labute approximate surface area is 167 Å². The van der Waals surface area contributed by atoms with Crippen molar-refractivity contribution in [2.75, 3.05) is 32.0 Å². The summed E-state index contributed by atoms with van der Waals surface area (Å²) in [6.07, 6.45) is 1.54. The molecule has 0 fully saturated rings. The summed E-state index contributed by atoms with van der Waals surface area (Å²) in [5, 5.41) is 5.75. The van der Waals surface area contributed by atoms with E-state index in [0.717, 1.165) is 0 Å². The molecule has 1 aromatic heterocycles. The van der Waals surface area contributed by atoms with Gasteiger partial charge in [-0.3, -0.25) is 4.79 Å². The van der Waals surface area contributed by atoms with Crippen molar-refractivity contribution in [3.05, 3.63) is 66.1 Å². The van der Waals surface area contributed by atoms with Gasteiger partial charge in [-0.2, -0.15) is 0 Å². The summed E-state index contributed by atoms with van der Waals surface area (Å²) in [6.45, 7) is 0. The Kier molecular flexibility index (Phi) is 6.13. The van der Waals surface area contributed by atoms with E-state index in [9.17, 15) is 9.18 Å². The van der Waals surface area contributed by atoms with Crippen molar-refractivity contribution in [2.24, 2.45) is 0 Å². The lowest BCUT2D eigenvalue weighted by Crippen LogP contribution is -2.13. The first-order chi connectivity index (χ1) is 14.0. The average Bonchev–Trinajstić information content (AvgIpc) is 2.74. The zero-order valence-electron chi connectivity index (χ0n) is 16.2. The first-order valence-corrected chi connectivity index (χ1v) is 8.64. The number of aromatic nitrogens is 1. The van der Waals surface area contributed by atoms with Gasteiger partial charge in [0.05, 0.1) is 33.2 Å². The van der Waals surface area contributed by atoms with Gasteiger partial charge in [-0.25, -0.2) is 9.37 Å². The maximum atomic E-state index is 13.3. The highest BCUT2D eigenvalue weighted by Gasteiger charge is 2.17. The molecule has 0 radical (unpaired) electrons. The number of pyridine rings is 1. The fourth-order valence-electron chi connectivity index (χ4n) is 2.68. The second-order valence-electron chi connectivity index (χ2n) is 5.94. The van der Waals surface area contributed by atoms with E-state index in [-0.39, 0.29) is 11.7 Å². The molecule has 8 heteroatoms. The highest BCUT2D eigenvalue weighted by Crippen LogP contribution is 2.38. The minimum Gasteiger partial charge on any atom is -0.493 e. The Hall–Kier alpha value is -3.81. The van der Waals surface area contributed by atoms with E-state index in [0.29, 0.717) is 40.0 Å². The smallest absolute Gasteiger partial charge is 0.257 e. The second kappa shape index (κ2) is 8.92. The van der Waals surface area contributed by atoms with Crippen molar-refractivity contribution in [1.29, 1.82) is 0 Å². The Morgan fingerprint density at radius 3 is 2.21 bits per heavy atom. The van der Waals surface area contributed by atoms with Crippen LogP contribution in [0.3, 0.4) is 0 Å². The average molecular weight is 397 g/mol. The first kappa shape index (κ1) is 19.9. The Morgan fingerprint density at radius 1 is 0.931 bits per heavy atom. The molecule has 0 spiro atoms. The molecule has 2 N–H and O–H groups in total. The lowest BCUT2D eigenvalue weighted by atomic mass is 10.1. The molecule has 0 saturated carbocycles. The zero-order valence-corrected chi connectivity index (χ0v) is 16.2. The summed E-state index contributed by atoms with van der Waals surface area (Å²) in [5.41, 5.74) is 1.57. The van der Waals surface area contributed by atoms with Crippen LogP contribution in [0, 0.1) is 5.82 Å². The van der Waals surface area contributed by atoms with Gasteiger partial charge in [0.1, 0.15) is 11.6 Å². The highest BCUT2D eigenvalue weighted by molar-refractivity contribution is 6.04. The zero-order chi connectivity index (χ0) is 20.8. The van der Waals surface area contributed by atoms with Gasteiger partial charge in [-0.1, -0.05) is 6.07 Å². The number of hydrogen-bond acceptors (Lipinski definition) is 6. The largest absolute Gasteiger partial charge is 0.493 e. The van der Waals surface area contributed by atoms with E-state index >= 15 is 0 Å². The molecule has 2 aromatic carbocycles. The fourth-order valence-corrected chi connectivity index (χ4v) is 2.68. The molecule has 150 valence electrons. The van der Waals surface area contributed by atoms with Gasteiger partial charge < -0.3 is 24.8 Å². The van der Waals surface area contributed by atoms with Crippen LogP contribution in [0.4, 0.5) is 21.6 Å². The summed E-state index contributed by atoms with van der Waals surface area (Å²) in [6, 6.07) is 12.6. The topological polar surface area (TPSA) is 81.7 Å². The van der Waals surface area contributed by atoms with Crippen molar-refractivity contribution < 1.29 is 23.4 Å². The number of hydrogen-bond donors (Lipinski definition) is 2. The van der Waals surface area contributed by atoms with Crippen LogP contribution in [-0.2, 0) is 0 Å². The van der Waals surface area contributed by atoms with E-state index in [2.05, 4.69) is 15.6 Å². The molecule has 3 rings (SSSR count). The van der Waals surface area contributed by atoms with Crippen LogP contribution >= 0.6 is 0 Å². The number of nitrogens with zero attached hydrogens (tertiary/aromatic N) is 1. The number of methoxy groups -OCH3 is 3. The second-order valence-corrected chi connectivity index (χ2v) is 5.94. The van der Waals surface area contributed by atoms with Crippen LogP contribution in [0.5, 0.6) is 17.2 Å². The summed E-state index contributed by atoms with van der Waals surface area (Å²) in [7, 11) is 4.44. The third-order valence-corrected chi connectivity index (χ3v) is 4.05. The molecule has 0 bridgehead atoms. The van der Waals surface area contributed by atoms with Crippen molar-refractivity contribution in [3.63, 3.8) is 0 Å². The fraction of sp³-hybridized carbons (Fsp3) is 0.143. The van der Waals surface area contributed by atoms with Gasteiger partial charge >= 0.3 is 0 Å². The molecule has 7 nitrogen and oxygen atoms in total. The third kappa shape index (κ3) is 4.73. The predicted octanol–water partition coefficient (Wildman–Crippen LogP) is 4.24. The van der Waals surface area contributed by atoms with Gasteiger partial charge in [0.15, 0.2) is 11.5 Å². The number of carbonyl (C=O) groups excluding carboxylic acids is 1. The Morgan fingerprint density at radius 2 is 1.66 bits per heavy atom. The van der Waals surface area contributed by atoms with Gasteiger partial charge in [-0.05, 0) is 42.5 Å². The Bertz CT molecular complexity index is 984. The number of rotatable bonds is 7. The number of anilines is 3. The van der Waals surface area contributed by atoms with Crippen molar-refractivity contribution in [1.82, 2.24) is 4.98 Å². The number of ether oxygens (including phenoxy) is 3. The van der Waals surface area contributed by atoms with Crippen molar-refractivity contribution >= 4 is 23.1 Å². The molecular formula is C21H20FN3O4. The van der Waals surface area contributed by atoms with Crippen molar-refractivity contribution in [2.45, 2.75) is 0 Å². The normalized spacial score (nSPS) is 10.2. The first-order valence-electron chi connectivity index (χ1n) is 8.64. The molecule has 0 unspecified atom stereocenters. The summed E-state index contributed by atoms with van der Waals surface area (Å²) >= 11 is 0. The Balaban J connectivity index is 1.74. The molecule has 1 heterocycles. The molecule has 29 heavy (non-hydrogen) atoms. The van der Waals surface area contributed by atoms with E-state index in [1.807, 2.05) is 0 Å². The highest BCUT2D eigenvalue weighted by atomic mass is 19.1. The van der Waals surface area contributed by atoms with Crippen LogP contribution in [0.2, 0.25) is 0 Å². The molecule has 0 atom stereocenters. The monoisotopic (exact) mass is 397 g/mol. The van der Waals surface area contributed by atoms with Gasteiger partial charge in [0, 0.05) is 11.3 Å². The SMILES string of the molecule is COc1cc(C(=O)Nc2ccc(Nc3cccc(F)c3)cn2)cc(OC)c1OC. The van der Waals surface area contributed by atoms with Crippen LogP contribution in [0.15, 0.2) is 54.7 Å². The molecule has 1 amide bonds. The van der Waals surface area contributed by atoms with E-state index in [1.165, 1.54) is 39.7 Å². The molecule has 3 aromatic rings. The quantitative estimate of drug-likeness (QED) is 0.621. The molecule has 0 aliphatic carbocycles. The number of carbonyl (C=O) groups is 1. The summed E-state index contributed by atoms with van der Waals surface area (Å²) in [5.74, 6) is 0.782. The van der Waals surface area contributed by atoms with Crippen LogP contribution in [-0.4, -0.2) is 32.2 Å². The summed E-state index contributed by atoms with van der Waals surface area (Å²) < 4.78 is 29.1. The standard InChI is InChI=1S/C21H20FN3O4/c1-27-17-9-13(10-18(28-2)20(17)29-3)21(26)25-19-8-7-16(12-23-19)24-15-6-4-5-14(22)11-15/h4-12,24H,1-3H3,(H,23,25,26). The minimum atomic E-state index is -0.386. The van der Waals surface area contributed by atoms with E-state index < -0.39 is 0 Å². The van der Waals surface area contributed by atoms with Crippen LogP contribution < -0.4 is 24.8 Å². The van der Waals surface area contributed by atoms with Gasteiger partial charge in [0.25, 0.3) is 5.91 Å². The molecule has 0 aliphatic heterocycles. The van der Waals surface area contributed by atoms with Crippen molar-refractivity contribution in [3.8, 4) is 17.2 Å². The lowest BCUT2D eigenvalue weighted by Gasteiger charge is -2.14. The maximum absolute atomic E-state index is 13.3. The van der Waals surface area contributed by atoms with E-state index in [1.54, 1.807) is 36.4 Å². The molecule has 0 aliphatic rings. The minimum absolute atomic E-state index is 0.322. The van der Waals surface area contributed by atoms with Gasteiger partial charge in [0.2, 0.25) is 5.75 Å². The maximum Gasteiger partial charge on any atom is 0.257 e. The predicted molar refractivity (Wildman–Crippen MR) is 108 cm³/mol. The number of nitrogens with one attached hydrogen (secondary N) is 2. The van der Waals surface area contributed by atoms with Crippen LogP contribution in [0.25, 0.3) is 0 Å². The number of benzene rings is 2. The van der Waals surface area contributed by atoms with E-state index in [4.69, 9.17) is 14.2 Å². The summed E-state index contributed by atoms with van der Waals surface area (Å²) in [4.78, 5) is 16.8. The molecule has 0 saturated heterocycles. The number of amides is 1. The lowest BCUT2D eigenvalue weighted by molar-refractivity contribution is 0.102. The number of halogens is 1. The third-order valence-electron chi connectivity index (χ3n) is 4.05.